The minimum atomic E-state index is -0.866. The van der Waals surface area contributed by atoms with Gasteiger partial charge in [0.1, 0.15) is 0 Å². The van der Waals surface area contributed by atoms with E-state index in [0.29, 0.717) is 25.1 Å². The van der Waals surface area contributed by atoms with Crippen LogP contribution in [0.1, 0.15) is 23.7 Å². The summed E-state index contributed by atoms with van der Waals surface area (Å²) in [6.45, 7) is 1.02. The third-order valence-corrected chi connectivity index (χ3v) is 4.47. The zero-order chi connectivity index (χ0) is 16.7. The Balaban J connectivity index is 1.64. The average molecular weight is 330 g/mol. The monoisotopic (exact) mass is 330 g/mol. The van der Waals surface area contributed by atoms with Crippen LogP contribution in [0.4, 0.5) is 8.78 Å². The molecule has 5 nitrogen and oxygen atoms in total. The number of rotatable bonds is 3. The van der Waals surface area contributed by atoms with Gasteiger partial charge in [-0.25, -0.2) is 13.8 Å². The first kappa shape index (κ1) is 15.2. The van der Waals surface area contributed by atoms with E-state index in [9.17, 15) is 13.9 Å². The van der Waals surface area contributed by atoms with Gasteiger partial charge < -0.3 is 5.11 Å². The van der Waals surface area contributed by atoms with E-state index in [-0.39, 0.29) is 6.04 Å². The van der Waals surface area contributed by atoms with Crippen molar-refractivity contribution in [1.29, 1.82) is 0 Å². The van der Waals surface area contributed by atoms with Crippen LogP contribution in [-0.4, -0.2) is 37.0 Å². The zero-order valence-corrected chi connectivity index (χ0v) is 12.8. The Morgan fingerprint density at radius 2 is 2.08 bits per heavy atom. The summed E-state index contributed by atoms with van der Waals surface area (Å²) in [4.78, 5) is 10.4. The zero-order valence-electron chi connectivity index (χ0n) is 12.8. The molecular weight excluding hydrogens is 314 g/mol. The number of aliphatic hydroxyl groups excluding tert-OH is 1. The van der Waals surface area contributed by atoms with E-state index in [0.717, 1.165) is 17.4 Å². The Morgan fingerprint density at radius 3 is 2.92 bits per heavy atom. The highest BCUT2D eigenvalue weighted by Gasteiger charge is 2.33. The summed E-state index contributed by atoms with van der Waals surface area (Å²) in [5.74, 6) is -1.73. The maximum Gasteiger partial charge on any atom is 0.159 e. The molecule has 1 saturated heterocycles. The lowest BCUT2D eigenvalue weighted by Crippen LogP contribution is -2.25. The molecule has 0 radical (unpaired) electrons. The first-order valence-electron chi connectivity index (χ1n) is 7.75. The number of hydrogen-bond acceptors (Lipinski definition) is 4. The lowest BCUT2D eigenvalue weighted by atomic mass is 10.0. The molecule has 1 aliphatic heterocycles. The summed E-state index contributed by atoms with van der Waals surface area (Å²) in [6.07, 6.45) is 6.95. The Labute approximate surface area is 137 Å². The highest BCUT2D eigenvalue weighted by Crippen LogP contribution is 2.34. The number of aromatic nitrogens is 3. The van der Waals surface area contributed by atoms with Crippen LogP contribution in [0.15, 0.2) is 43.0 Å². The molecule has 3 aromatic rings. The maximum atomic E-state index is 13.6. The Bertz CT molecular complexity index is 882. The van der Waals surface area contributed by atoms with Gasteiger partial charge in [-0.3, -0.25) is 14.3 Å². The van der Waals surface area contributed by atoms with Gasteiger partial charge in [0.15, 0.2) is 17.3 Å². The molecule has 0 saturated carbocycles. The van der Waals surface area contributed by atoms with Crippen molar-refractivity contribution < 1.29 is 13.9 Å². The predicted molar refractivity (Wildman–Crippen MR) is 83.1 cm³/mol. The van der Waals surface area contributed by atoms with E-state index in [2.05, 4.69) is 14.9 Å². The third-order valence-electron chi connectivity index (χ3n) is 4.47. The minimum absolute atomic E-state index is 0.164. The van der Waals surface area contributed by atoms with Crippen molar-refractivity contribution in [2.45, 2.75) is 25.1 Å². The van der Waals surface area contributed by atoms with Crippen LogP contribution in [0.5, 0.6) is 0 Å². The Hall–Kier alpha value is -2.38. The summed E-state index contributed by atoms with van der Waals surface area (Å²) in [5, 5.41) is 10.1. The second-order valence-corrected chi connectivity index (χ2v) is 6.06. The Kier molecular flexibility index (Phi) is 3.74. The van der Waals surface area contributed by atoms with Crippen LogP contribution < -0.4 is 0 Å². The molecule has 2 atom stereocenters. The van der Waals surface area contributed by atoms with Crippen molar-refractivity contribution in [2.75, 3.05) is 6.54 Å². The van der Waals surface area contributed by atoms with Crippen molar-refractivity contribution in [3.63, 3.8) is 0 Å². The maximum absolute atomic E-state index is 13.6. The molecular formula is C17H16F2N4O. The molecule has 4 rings (SSSR count). The number of β-amino-alcohol motifs (C(OH)–C–C–N with tert-alkyl or cyclic N) is 1. The summed E-state index contributed by atoms with van der Waals surface area (Å²) in [5.41, 5.74) is 2.37. The fourth-order valence-corrected chi connectivity index (χ4v) is 3.34. The number of likely N-dealkylation sites (tertiary alicyclic amines) is 1. The van der Waals surface area contributed by atoms with Crippen LogP contribution in [0.2, 0.25) is 0 Å². The first-order chi connectivity index (χ1) is 11.6. The van der Waals surface area contributed by atoms with Gasteiger partial charge in [-0.2, -0.15) is 0 Å². The molecule has 1 aliphatic rings. The van der Waals surface area contributed by atoms with Gasteiger partial charge in [0.25, 0.3) is 0 Å². The normalized spacial score (nSPS) is 21.6. The van der Waals surface area contributed by atoms with Crippen molar-refractivity contribution in [1.82, 2.24) is 19.3 Å². The van der Waals surface area contributed by atoms with E-state index >= 15 is 0 Å². The van der Waals surface area contributed by atoms with Crippen LogP contribution in [-0.2, 0) is 6.54 Å². The smallest absolute Gasteiger partial charge is 0.159 e. The van der Waals surface area contributed by atoms with Crippen molar-refractivity contribution in [3.8, 4) is 0 Å². The highest BCUT2D eigenvalue weighted by molar-refractivity contribution is 5.37. The van der Waals surface area contributed by atoms with E-state index in [4.69, 9.17) is 0 Å². The van der Waals surface area contributed by atoms with Gasteiger partial charge in [0, 0.05) is 31.5 Å². The van der Waals surface area contributed by atoms with Crippen molar-refractivity contribution in [3.05, 3.63) is 65.9 Å². The fraction of sp³-hybridized carbons (Fsp3) is 0.294. The quantitative estimate of drug-likeness (QED) is 0.801. The molecule has 24 heavy (non-hydrogen) atoms. The molecule has 2 aromatic heterocycles. The Morgan fingerprint density at radius 1 is 1.21 bits per heavy atom. The number of hydrogen-bond donors (Lipinski definition) is 1. The van der Waals surface area contributed by atoms with Crippen molar-refractivity contribution in [2.24, 2.45) is 0 Å². The molecule has 124 valence electrons. The molecule has 0 unspecified atom stereocenters. The highest BCUT2D eigenvalue weighted by atomic mass is 19.2. The third kappa shape index (κ3) is 2.65. The van der Waals surface area contributed by atoms with Crippen LogP contribution in [0.3, 0.4) is 0 Å². The molecule has 0 amide bonds. The average Bonchev–Trinajstić information content (AvgIpc) is 3.14. The number of nitrogens with zero attached hydrogens (tertiary/aromatic N) is 4. The molecule has 0 spiro atoms. The molecule has 7 heteroatoms. The second kappa shape index (κ2) is 5.92. The van der Waals surface area contributed by atoms with E-state index in [1.165, 1.54) is 6.07 Å². The van der Waals surface area contributed by atoms with Gasteiger partial charge in [-0.05, 0) is 24.1 Å². The van der Waals surface area contributed by atoms with Crippen LogP contribution in [0.25, 0.3) is 5.65 Å². The molecule has 0 aliphatic carbocycles. The standard InChI is InChI=1S/C17H16F2N4O/c18-14-2-1-11(5-15(14)19)16-6-13(24)10-22(16)9-12-7-21-17-8-20-3-4-23(12)17/h1-5,7-8,13,16,24H,6,9-10H2/t13-,16+/m0/s1. The van der Waals surface area contributed by atoms with Crippen LogP contribution in [0, 0.1) is 11.6 Å². The van der Waals surface area contributed by atoms with Crippen LogP contribution >= 0.6 is 0 Å². The summed E-state index contributed by atoms with van der Waals surface area (Å²) in [6, 6.07) is 3.76. The van der Waals surface area contributed by atoms with E-state index < -0.39 is 17.7 Å². The summed E-state index contributed by atoms with van der Waals surface area (Å²) >= 11 is 0. The van der Waals surface area contributed by atoms with Gasteiger partial charge in [-0.15, -0.1) is 0 Å². The first-order valence-corrected chi connectivity index (χ1v) is 7.75. The van der Waals surface area contributed by atoms with E-state index in [1.807, 2.05) is 10.6 Å². The largest absolute Gasteiger partial charge is 0.392 e. The molecule has 1 fully saturated rings. The van der Waals surface area contributed by atoms with Gasteiger partial charge in [0.05, 0.1) is 24.2 Å². The molecule has 1 aromatic carbocycles. The minimum Gasteiger partial charge on any atom is -0.392 e. The molecule has 0 bridgehead atoms. The predicted octanol–water partition coefficient (Wildman–Crippen LogP) is 2.32. The SMILES string of the molecule is O[C@H]1C[C@H](c2ccc(F)c(F)c2)N(Cc2cnc3cnccn23)C1. The molecule has 3 heterocycles. The van der Waals surface area contributed by atoms with Crippen molar-refractivity contribution >= 4 is 5.65 Å². The number of fused-ring (bicyclic) bond motifs is 1. The topological polar surface area (TPSA) is 53.7 Å². The van der Waals surface area contributed by atoms with Gasteiger partial charge in [0.2, 0.25) is 0 Å². The van der Waals surface area contributed by atoms with Gasteiger partial charge >= 0.3 is 0 Å². The summed E-state index contributed by atoms with van der Waals surface area (Å²) < 4.78 is 28.7. The number of benzene rings is 1. The lowest BCUT2D eigenvalue weighted by Gasteiger charge is -2.24. The van der Waals surface area contributed by atoms with Gasteiger partial charge in [-0.1, -0.05) is 6.07 Å². The fourth-order valence-electron chi connectivity index (χ4n) is 3.34. The number of halogens is 2. The number of aliphatic hydroxyl groups is 1. The number of imidazole rings is 1. The molecule has 1 N–H and O–H groups in total. The van der Waals surface area contributed by atoms with E-state index in [1.54, 1.807) is 24.7 Å². The lowest BCUT2D eigenvalue weighted by molar-refractivity contribution is 0.172. The summed E-state index contributed by atoms with van der Waals surface area (Å²) in [7, 11) is 0. The second-order valence-electron chi connectivity index (χ2n) is 6.06.